The Kier molecular flexibility index (Phi) is 5.31. The first-order valence-electron chi connectivity index (χ1n) is 11.0. The van der Waals surface area contributed by atoms with Crippen LogP contribution in [0.3, 0.4) is 0 Å². The van der Waals surface area contributed by atoms with E-state index < -0.39 is 48.0 Å². The molecule has 4 aliphatic rings. The lowest BCUT2D eigenvalue weighted by molar-refractivity contribution is -0.199. The number of carbonyl (C=O) groups excluding carboxylic acids is 1. The number of carbonyl (C=O) groups is 1. The van der Waals surface area contributed by atoms with Crippen LogP contribution in [0.15, 0.2) is 4.79 Å². The fourth-order valence-electron chi connectivity index (χ4n) is 5.03. The fraction of sp³-hybridized carbons (Fsp3) is 0.750. The van der Waals surface area contributed by atoms with E-state index in [1.165, 1.54) is 9.80 Å². The second-order valence-corrected chi connectivity index (χ2v) is 9.11. The van der Waals surface area contributed by atoms with Crippen molar-refractivity contribution in [1.82, 2.24) is 14.5 Å². The minimum Gasteiger partial charge on any atom is -0.377 e. The van der Waals surface area contributed by atoms with Gasteiger partial charge in [0.15, 0.2) is 5.82 Å². The molecule has 9 nitrogen and oxygen atoms in total. The number of amides is 1. The largest absolute Gasteiger partial charge is 0.408 e. The highest BCUT2D eigenvalue weighted by Gasteiger charge is 2.54. The first kappa shape index (κ1) is 22.4. The topological polar surface area (TPSA) is 80.1 Å². The Morgan fingerprint density at radius 2 is 1.97 bits per heavy atom. The standard InChI is InChI=1S/C20H25F4N5O4/c1-12-9-32-7-6-26(12)16-15(21)17(31)27-4-2-13(20(22,23)24)28(18(27)25-16)8-14(30)29-5-3-19(29)10-33-11-19/h12-13H,2-11H2,1H3/t12-,13+/m1/s1. The maximum absolute atomic E-state index is 15.0. The molecule has 0 unspecified atom stereocenters. The molecule has 3 fully saturated rings. The summed E-state index contributed by atoms with van der Waals surface area (Å²) in [6.07, 6.45) is -4.40. The summed E-state index contributed by atoms with van der Waals surface area (Å²) in [5.41, 5.74) is -1.48. The summed E-state index contributed by atoms with van der Waals surface area (Å²) in [7, 11) is 0. The first-order valence-corrected chi connectivity index (χ1v) is 11.0. The van der Waals surface area contributed by atoms with E-state index in [0.29, 0.717) is 19.8 Å². The Morgan fingerprint density at radius 1 is 1.21 bits per heavy atom. The van der Waals surface area contributed by atoms with Crippen molar-refractivity contribution in [3.8, 4) is 0 Å². The van der Waals surface area contributed by atoms with Crippen LogP contribution in [0.5, 0.6) is 0 Å². The van der Waals surface area contributed by atoms with E-state index in [-0.39, 0.29) is 44.1 Å². The van der Waals surface area contributed by atoms with Crippen molar-refractivity contribution in [3.63, 3.8) is 0 Å². The quantitative estimate of drug-likeness (QED) is 0.597. The third kappa shape index (κ3) is 3.56. The average Bonchev–Trinajstić information content (AvgIpc) is 2.68. The molecule has 0 N–H and O–H groups in total. The number of ether oxygens (including phenoxy) is 2. The maximum Gasteiger partial charge on any atom is 0.408 e. The third-order valence-electron chi connectivity index (χ3n) is 7.07. The molecule has 1 aromatic rings. The van der Waals surface area contributed by atoms with E-state index in [9.17, 15) is 22.8 Å². The number of rotatable bonds is 3. The maximum atomic E-state index is 15.0. The number of alkyl halides is 3. The van der Waals surface area contributed by atoms with E-state index in [0.717, 1.165) is 15.9 Å². The molecule has 13 heteroatoms. The van der Waals surface area contributed by atoms with Crippen LogP contribution in [-0.2, 0) is 20.8 Å². The molecule has 1 spiro atoms. The number of nitrogens with zero attached hydrogens (tertiary/aromatic N) is 5. The molecule has 3 saturated heterocycles. The van der Waals surface area contributed by atoms with Crippen molar-refractivity contribution in [1.29, 1.82) is 0 Å². The van der Waals surface area contributed by atoms with Crippen LogP contribution in [-0.4, -0.2) is 90.2 Å². The second-order valence-electron chi connectivity index (χ2n) is 9.11. The van der Waals surface area contributed by atoms with Crippen LogP contribution in [0.4, 0.5) is 29.3 Å². The van der Waals surface area contributed by atoms with Gasteiger partial charge >= 0.3 is 6.18 Å². The third-order valence-corrected chi connectivity index (χ3v) is 7.07. The summed E-state index contributed by atoms with van der Waals surface area (Å²) in [4.78, 5) is 33.9. The predicted octanol–water partition coefficient (Wildman–Crippen LogP) is 0.750. The SMILES string of the molecule is C[C@@H]1COCCN1c1nc2n(c(=O)c1F)CC[C@@H](C(F)(F)F)N2CC(=O)N1CCC12COC2. The number of likely N-dealkylation sites (tertiary alicyclic amines) is 1. The zero-order chi connectivity index (χ0) is 23.5. The van der Waals surface area contributed by atoms with Crippen molar-refractivity contribution in [2.45, 2.75) is 50.1 Å². The van der Waals surface area contributed by atoms with Crippen molar-refractivity contribution >= 4 is 17.7 Å². The first-order chi connectivity index (χ1) is 15.6. The Bertz CT molecular complexity index is 1010. The highest BCUT2D eigenvalue weighted by Crippen LogP contribution is 2.39. The van der Waals surface area contributed by atoms with Gasteiger partial charge in [-0.25, -0.2) is 0 Å². The number of aromatic nitrogens is 2. The molecular formula is C20H25F4N5O4. The van der Waals surface area contributed by atoms with Crippen molar-refractivity contribution in [2.75, 3.05) is 55.9 Å². The number of anilines is 2. The molecule has 0 radical (unpaired) electrons. The van der Waals surface area contributed by atoms with Gasteiger partial charge in [0, 0.05) is 19.6 Å². The molecule has 2 atom stereocenters. The molecule has 4 aliphatic heterocycles. The Labute approximate surface area is 186 Å². The Morgan fingerprint density at radius 3 is 2.55 bits per heavy atom. The monoisotopic (exact) mass is 475 g/mol. The summed E-state index contributed by atoms with van der Waals surface area (Å²) in [6, 6.07) is -2.33. The number of halogens is 4. The minimum absolute atomic E-state index is 0.242. The van der Waals surface area contributed by atoms with Crippen LogP contribution in [0.25, 0.3) is 0 Å². The Hall–Kier alpha value is -2.41. The summed E-state index contributed by atoms with van der Waals surface area (Å²) in [5.74, 6) is -2.25. The van der Waals surface area contributed by atoms with Gasteiger partial charge < -0.3 is 24.2 Å². The number of fused-ring (bicyclic) bond motifs is 1. The summed E-state index contributed by atoms with van der Waals surface area (Å²) < 4.78 is 68.3. The van der Waals surface area contributed by atoms with E-state index in [4.69, 9.17) is 9.47 Å². The van der Waals surface area contributed by atoms with Crippen molar-refractivity contribution in [3.05, 3.63) is 16.2 Å². The number of morpholine rings is 1. The van der Waals surface area contributed by atoms with Gasteiger partial charge in [0.05, 0.1) is 38.0 Å². The highest BCUT2D eigenvalue weighted by atomic mass is 19.4. The van der Waals surface area contributed by atoms with Gasteiger partial charge in [0.1, 0.15) is 12.6 Å². The van der Waals surface area contributed by atoms with Gasteiger partial charge in [-0.3, -0.25) is 14.2 Å². The molecule has 0 bridgehead atoms. The van der Waals surface area contributed by atoms with Gasteiger partial charge in [0.25, 0.3) is 5.56 Å². The summed E-state index contributed by atoms with van der Waals surface area (Å²) in [5, 5.41) is 0. The zero-order valence-corrected chi connectivity index (χ0v) is 18.1. The lowest BCUT2D eigenvalue weighted by Gasteiger charge is -2.58. The molecule has 33 heavy (non-hydrogen) atoms. The van der Waals surface area contributed by atoms with Gasteiger partial charge in [-0.1, -0.05) is 0 Å². The summed E-state index contributed by atoms with van der Waals surface area (Å²) >= 11 is 0. The molecule has 0 saturated carbocycles. The van der Waals surface area contributed by atoms with Gasteiger partial charge in [0.2, 0.25) is 17.7 Å². The smallest absolute Gasteiger partial charge is 0.377 e. The number of hydrogen-bond acceptors (Lipinski definition) is 7. The van der Waals surface area contributed by atoms with Crippen LogP contribution in [0.2, 0.25) is 0 Å². The molecule has 1 aromatic heterocycles. The van der Waals surface area contributed by atoms with Crippen molar-refractivity contribution < 1.29 is 31.8 Å². The fourth-order valence-corrected chi connectivity index (χ4v) is 5.03. The van der Waals surface area contributed by atoms with Crippen LogP contribution in [0.1, 0.15) is 19.8 Å². The van der Waals surface area contributed by atoms with Gasteiger partial charge in [-0.15, -0.1) is 0 Å². The molecule has 1 amide bonds. The lowest BCUT2D eigenvalue weighted by Crippen LogP contribution is -2.73. The van der Waals surface area contributed by atoms with Crippen LogP contribution in [0, 0.1) is 5.82 Å². The molecule has 5 rings (SSSR count). The Balaban J connectivity index is 1.53. The number of hydrogen-bond donors (Lipinski definition) is 0. The molecule has 0 aliphatic carbocycles. The van der Waals surface area contributed by atoms with E-state index in [1.54, 1.807) is 6.92 Å². The van der Waals surface area contributed by atoms with E-state index in [1.807, 2.05) is 0 Å². The predicted molar refractivity (Wildman–Crippen MR) is 108 cm³/mol. The lowest BCUT2D eigenvalue weighted by atomic mass is 9.82. The molecular weight excluding hydrogens is 450 g/mol. The average molecular weight is 475 g/mol. The molecule has 182 valence electrons. The normalized spacial score (nSPS) is 26.6. The second kappa shape index (κ2) is 7.83. The van der Waals surface area contributed by atoms with E-state index >= 15 is 4.39 Å². The molecule has 5 heterocycles. The zero-order valence-electron chi connectivity index (χ0n) is 18.1. The minimum atomic E-state index is -4.66. The van der Waals surface area contributed by atoms with Gasteiger partial charge in [-0.2, -0.15) is 22.5 Å². The van der Waals surface area contributed by atoms with Crippen LogP contribution < -0.4 is 15.4 Å². The van der Waals surface area contributed by atoms with E-state index in [2.05, 4.69) is 4.98 Å². The molecule has 0 aromatic carbocycles. The van der Waals surface area contributed by atoms with Crippen molar-refractivity contribution in [2.24, 2.45) is 0 Å². The highest BCUT2D eigenvalue weighted by molar-refractivity contribution is 5.83. The van der Waals surface area contributed by atoms with Gasteiger partial charge in [-0.05, 0) is 19.8 Å². The summed E-state index contributed by atoms with van der Waals surface area (Å²) in [6.45, 7) is 2.75. The van der Waals surface area contributed by atoms with Crippen LogP contribution >= 0.6 is 0 Å².